The molecule has 0 bridgehead atoms. The number of nitrogens with two attached hydrogens (primary N) is 1. The first-order chi connectivity index (χ1) is 9.69. The molecule has 0 aliphatic carbocycles. The minimum atomic E-state index is 0.214. The van der Waals surface area contributed by atoms with E-state index < -0.39 is 0 Å². The minimum Gasteiger partial charge on any atom is -0.438 e. The summed E-state index contributed by atoms with van der Waals surface area (Å²) in [6.07, 6.45) is 3.86. The fraction of sp³-hybridized carbons (Fsp3) is 0.214. The lowest BCUT2D eigenvalue weighted by Crippen LogP contribution is -2.11. The monoisotopic (exact) mass is 289 g/mol. The SMILES string of the molecule is COCCc1ccc(Oc2cnc(C(N)=S)cn2)cc1. The molecule has 0 saturated heterocycles. The Morgan fingerprint density at radius 2 is 1.95 bits per heavy atom. The van der Waals surface area contributed by atoms with Crippen molar-refractivity contribution < 1.29 is 9.47 Å². The molecule has 2 rings (SSSR count). The van der Waals surface area contributed by atoms with Crippen molar-refractivity contribution in [3.8, 4) is 11.6 Å². The molecule has 0 amide bonds. The predicted octanol–water partition coefficient (Wildman–Crippen LogP) is 2.09. The Morgan fingerprint density at radius 3 is 2.50 bits per heavy atom. The second-order valence-corrected chi connectivity index (χ2v) is 4.53. The predicted molar refractivity (Wildman–Crippen MR) is 80.0 cm³/mol. The van der Waals surface area contributed by atoms with Gasteiger partial charge < -0.3 is 15.2 Å². The van der Waals surface area contributed by atoms with Gasteiger partial charge in [-0.2, -0.15) is 0 Å². The van der Waals surface area contributed by atoms with Crippen LogP contribution in [-0.4, -0.2) is 28.7 Å². The van der Waals surface area contributed by atoms with Gasteiger partial charge in [-0.05, 0) is 24.1 Å². The Morgan fingerprint density at radius 1 is 1.20 bits per heavy atom. The summed E-state index contributed by atoms with van der Waals surface area (Å²) in [4.78, 5) is 8.37. The van der Waals surface area contributed by atoms with Crippen LogP contribution < -0.4 is 10.5 Å². The van der Waals surface area contributed by atoms with Crippen molar-refractivity contribution >= 4 is 17.2 Å². The minimum absolute atomic E-state index is 0.214. The summed E-state index contributed by atoms with van der Waals surface area (Å²) >= 11 is 4.81. The van der Waals surface area contributed by atoms with Gasteiger partial charge in [0.2, 0.25) is 5.88 Å². The zero-order valence-corrected chi connectivity index (χ0v) is 11.9. The van der Waals surface area contributed by atoms with Crippen LogP contribution in [0, 0.1) is 0 Å². The van der Waals surface area contributed by atoms with E-state index in [4.69, 9.17) is 27.4 Å². The van der Waals surface area contributed by atoms with Crippen LogP contribution in [-0.2, 0) is 11.2 Å². The Hall–Kier alpha value is -2.05. The summed E-state index contributed by atoms with van der Waals surface area (Å²) in [7, 11) is 1.69. The van der Waals surface area contributed by atoms with E-state index in [9.17, 15) is 0 Å². The first kappa shape index (κ1) is 14.4. The molecule has 0 atom stereocenters. The molecule has 2 N–H and O–H groups in total. The fourth-order valence-electron chi connectivity index (χ4n) is 1.56. The van der Waals surface area contributed by atoms with Crippen LogP contribution in [0.4, 0.5) is 0 Å². The average Bonchev–Trinajstić information content (AvgIpc) is 2.47. The normalized spacial score (nSPS) is 10.2. The Kier molecular flexibility index (Phi) is 4.97. The topological polar surface area (TPSA) is 70.3 Å². The highest BCUT2D eigenvalue weighted by Crippen LogP contribution is 2.19. The van der Waals surface area contributed by atoms with Gasteiger partial charge in [0.25, 0.3) is 0 Å². The molecule has 1 aromatic carbocycles. The molecule has 0 unspecified atom stereocenters. The van der Waals surface area contributed by atoms with Crippen LogP contribution in [0.1, 0.15) is 11.3 Å². The van der Waals surface area contributed by atoms with E-state index in [-0.39, 0.29) is 4.99 Å². The third kappa shape index (κ3) is 3.97. The van der Waals surface area contributed by atoms with Gasteiger partial charge in [-0.15, -0.1) is 0 Å². The first-order valence-corrected chi connectivity index (χ1v) is 6.47. The molecule has 0 spiro atoms. The standard InChI is InChI=1S/C14H15N3O2S/c1-18-7-6-10-2-4-11(5-3-10)19-13-9-16-12(8-17-13)14(15)20/h2-5,8-9H,6-7H2,1H3,(H2,15,20). The van der Waals surface area contributed by atoms with Crippen LogP contribution in [0.5, 0.6) is 11.6 Å². The highest BCUT2D eigenvalue weighted by atomic mass is 32.1. The molecular formula is C14H15N3O2S. The van der Waals surface area contributed by atoms with E-state index in [2.05, 4.69) is 9.97 Å². The molecule has 0 aliphatic rings. The molecule has 1 aromatic heterocycles. The lowest BCUT2D eigenvalue weighted by Gasteiger charge is -2.06. The van der Waals surface area contributed by atoms with E-state index in [1.807, 2.05) is 24.3 Å². The lowest BCUT2D eigenvalue weighted by atomic mass is 10.1. The zero-order chi connectivity index (χ0) is 14.4. The highest BCUT2D eigenvalue weighted by Gasteiger charge is 2.02. The number of ether oxygens (including phenoxy) is 2. The highest BCUT2D eigenvalue weighted by molar-refractivity contribution is 7.80. The van der Waals surface area contributed by atoms with E-state index in [0.29, 0.717) is 23.9 Å². The first-order valence-electron chi connectivity index (χ1n) is 6.06. The number of hydrogen-bond donors (Lipinski definition) is 1. The largest absolute Gasteiger partial charge is 0.438 e. The van der Waals surface area contributed by atoms with Crippen molar-refractivity contribution in [1.82, 2.24) is 9.97 Å². The van der Waals surface area contributed by atoms with Gasteiger partial charge in [0.05, 0.1) is 19.0 Å². The number of aromatic nitrogens is 2. The average molecular weight is 289 g/mol. The molecule has 104 valence electrons. The number of hydrogen-bond acceptors (Lipinski definition) is 5. The molecule has 1 heterocycles. The number of thiocarbonyl (C=S) groups is 1. The number of methoxy groups -OCH3 is 1. The molecule has 0 fully saturated rings. The summed E-state index contributed by atoms with van der Waals surface area (Å²) < 4.78 is 10.6. The van der Waals surface area contributed by atoms with Crippen LogP contribution in [0.2, 0.25) is 0 Å². The van der Waals surface area contributed by atoms with E-state index in [1.54, 1.807) is 7.11 Å². The van der Waals surface area contributed by atoms with E-state index in [1.165, 1.54) is 18.0 Å². The van der Waals surface area contributed by atoms with Crippen molar-refractivity contribution in [1.29, 1.82) is 0 Å². The number of nitrogens with zero attached hydrogens (tertiary/aromatic N) is 2. The molecule has 0 radical (unpaired) electrons. The Balaban J connectivity index is 2.00. The van der Waals surface area contributed by atoms with Crippen LogP contribution in [0.15, 0.2) is 36.7 Å². The third-order valence-electron chi connectivity index (χ3n) is 2.62. The molecule has 2 aromatic rings. The molecule has 6 heteroatoms. The van der Waals surface area contributed by atoms with Gasteiger partial charge in [0, 0.05) is 7.11 Å². The van der Waals surface area contributed by atoms with Crippen molar-refractivity contribution in [3.05, 3.63) is 47.9 Å². The van der Waals surface area contributed by atoms with Gasteiger partial charge in [0.1, 0.15) is 16.4 Å². The van der Waals surface area contributed by atoms with Gasteiger partial charge in [0.15, 0.2) is 0 Å². The van der Waals surface area contributed by atoms with Crippen molar-refractivity contribution in [2.45, 2.75) is 6.42 Å². The molecule has 20 heavy (non-hydrogen) atoms. The van der Waals surface area contributed by atoms with Gasteiger partial charge in [-0.3, -0.25) is 0 Å². The van der Waals surface area contributed by atoms with Crippen molar-refractivity contribution in [2.24, 2.45) is 5.73 Å². The van der Waals surface area contributed by atoms with E-state index >= 15 is 0 Å². The zero-order valence-electron chi connectivity index (χ0n) is 11.1. The Labute approximate surface area is 122 Å². The summed E-state index contributed by atoms with van der Waals surface area (Å²) in [5, 5.41) is 0. The lowest BCUT2D eigenvalue weighted by molar-refractivity contribution is 0.202. The smallest absolute Gasteiger partial charge is 0.237 e. The van der Waals surface area contributed by atoms with Gasteiger partial charge in [-0.1, -0.05) is 24.4 Å². The van der Waals surface area contributed by atoms with Crippen molar-refractivity contribution in [3.63, 3.8) is 0 Å². The quantitative estimate of drug-likeness (QED) is 0.821. The van der Waals surface area contributed by atoms with Gasteiger partial charge >= 0.3 is 0 Å². The molecular weight excluding hydrogens is 274 g/mol. The number of benzene rings is 1. The summed E-state index contributed by atoms with van der Waals surface area (Å²) in [6.45, 7) is 0.701. The maximum absolute atomic E-state index is 5.58. The number of rotatable bonds is 6. The summed E-state index contributed by atoms with van der Waals surface area (Å²) in [6, 6.07) is 7.75. The van der Waals surface area contributed by atoms with Crippen LogP contribution in [0.25, 0.3) is 0 Å². The van der Waals surface area contributed by atoms with Crippen LogP contribution in [0.3, 0.4) is 0 Å². The molecule has 0 aliphatic heterocycles. The van der Waals surface area contributed by atoms with Gasteiger partial charge in [-0.25, -0.2) is 9.97 Å². The van der Waals surface area contributed by atoms with Crippen molar-refractivity contribution in [2.75, 3.05) is 13.7 Å². The third-order valence-corrected chi connectivity index (χ3v) is 2.83. The second-order valence-electron chi connectivity index (χ2n) is 4.09. The Bertz CT molecular complexity index is 570. The second kappa shape index (κ2) is 6.93. The van der Waals surface area contributed by atoms with E-state index in [0.717, 1.165) is 6.42 Å². The summed E-state index contributed by atoms with van der Waals surface area (Å²) in [5.74, 6) is 1.10. The summed E-state index contributed by atoms with van der Waals surface area (Å²) in [5.41, 5.74) is 7.11. The molecule has 5 nitrogen and oxygen atoms in total. The maximum Gasteiger partial charge on any atom is 0.237 e. The molecule has 0 saturated carbocycles. The van der Waals surface area contributed by atoms with Crippen LogP contribution >= 0.6 is 12.2 Å². The maximum atomic E-state index is 5.58. The fourth-order valence-corrected chi connectivity index (χ4v) is 1.67.